The van der Waals surface area contributed by atoms with Gasteiger partial charge < -0.3 is 9.84 Å². The number of hydrogen-bond donors (Lipinski definition) is 1. The van der Waals surface area contributed by atoms with Gasteiger partial charge in [-0.1, -0.05) is 0 Å². The summed E-state index contributed by atoms with van der Waals surface area (Å²) in [6.45, 7) is 0. The normalized spacial score (nSPS) is 9.38. The van der Waals surface area contributed by atoms with Gasteiger partial charge in [-0.2, -0.15) is 5.26 Å². The number of ether oxygens (including phenoxy) is 1. The minimum absolute atomic E-state index is 0.507. The van der Waals surface area contributed by atoms with Gasteiger partial charge in [0.25, 0.3) is 0 Å². The van der Waals surface area contributed by atoms with Gasteiger partial charge in [0, 0.05) is 0 Å². The lowest BCUT2D eigenvalue weighted by Crippen LogP contribution is -1.94. The van der Waals surface area contributed by atoms with Gasteiger partial charge in [-0.05, 0) is 6.07 Å². The molecule has 5 heteroatoms. The van der Waals surface area contributed by atoms with Crippen molar-refractivity contribution < 1.29 is 18.6 Å². The molecule has 0 radical (unpaired) electrons. The largest absolute Gasteiger partial charge is 0.502 e. The Balaban J connectivity index is 3.50. The van der Waals surface area contributed by atoms with Gasteiger partial charge in [0.05, 0.1) is 12.7 Å². The number of halogens is 2. The highest BCUT2D eigenvalue weighted by Crippen LogP contribution is 2.33. The van der Waals surface area contributed by atoms with E-state index in [1.54, 1.807) is 0 Å². The lowest BCUT2D eigenvalue weighted by molar-refractivity contribution is 0.336. The van der Waals surface area contributed by atoms with E-state index in [0.717, 1.165) is 7.11 Å². The molecule has 0 aromatic heterocycles. The third kappa shape index (κ3) is 1.38. The number of hydrogen-bond acceptors (Lipinski definition) is 3. The summed E-state index contributed by atoms with van der Waals surface area (Å²) in [6.07, 6.45) is 0. The van der Waals surface area contributed by atoms with Gasteiger partial charge >= 0.3 is 0 Å². The zero-order valence-corrected chi connectivity index (χ0v) is 6.64. The molecule has 0 saturated heterocycles. The maximum atomic E-state index is 13.0. The first kappa shape index (κ1) is 9.26. The number of nitriles is 1. The maximum absolute atomic E-state index is 13.0. The fraction of sp³-hybridized carbons (Fsp3) is 0.125. The number of benzene rings is 1. The van der Waals surface area contributed by atoms with Crippen LogP contribution < -0.4 is 4.74 Å². The van der Waals surface area contributed by atoms with Crippen molar-refractivity contribution >= 4 is 0 Å². The molecule has 1 aromatic carbocycles. The van der Waals surface area contributed by atoms with Crippen molar-refractivity contribution in [2.24, 2.45) is 0 Å². The highest BCUT2D eigenvalue weighted by molar-refractivity contribution is 5.48. The molecule has 0 saturated carbocycles. The molecule has 0 atom stereocenters. The van der Waals surface area contributed by atoms with Crippen molar-refractivity contribution in [3.05, 3.63) is 23.3 Å². The molecule has 0 unspecified atom stereocenters. The molecule has 0 fully saturated rings. The number of nitrogens with zero attached hydrogens (tertiary/aromatic N) is 1. The van der Waals surface area contributed by atoms with Crippen LogP contribution in [0.5, 0.6) is 11.5 Å². The zero-order valence-electron chi connectivity index (χ0n) is 6.64. The SMILES string of the molecule is COc1c(O)c(F)cc(C#N)c1F. The molecule has 0 heterocycles. The van der Waals surface area contributed by atoms with Crippen LogP contribution in [0.4, 0.5) is 8.78 Å². The Morgan fingerprint density at radius 1 is 1.54 bits per heavy atom. The molecule has 0 amide bonds. The van der Waals surface area contributed by atoms with Gasteiger partial charge in [-0.3, -0.25) is 0 Å². The van der Waals surface area contributed by atoms with E-state index in [1.807, 2.05) is 0 Å². The second-order valence-corrected chi connectivity index (χ2v) is 2.21. The zero-order chi connectivity index (χ0) is 10.0. The summed E-state index contributed by atoms with van der Waals surface area (Å²) in [6, 6.07) is 2.04. The van der Waals surface area contributed by atoms with E-state index < -0.39 is 28.7 Å². The Bertz CT molecular complexity index is 385. The average molecular weight is 185 g/mol. The second-order valence-electron chi connectivity index (χ2n) is 2.21. The molecule has 0 aliphatic heterocycles. The van der Waals surface area contributed by atoms with Crippen LogP contribution in [0.2, 0.25) is 0 Å². The predicted octanol–water partition coefficient (Wildman–Crippen LogP) is 1.55. The number of rotatable bonds is 1. The Kier molecular flexibility index (Phi) is 2.33. The first-order valence-electron chi connectivity index (χ1n) is 3.26. The van der Waals surface area contributed by atoms with Gasteiger partial charge in [0.2, 0.25) is 5.75 Å². The molecule has 1 N–H and O–H groups in total. The molecule has 68 valence electrons. The first-order chi connectivity index (χ1) is 6.11. The van der Waals surface area contributed by atoms with Gasteiger partial charge in [0.1, 0.15) is 6.07 Å². The third-order valence-electron chi connectivity index (χ3n) is 1.47. The van der Waals surface area contributed by atoms with Crippen LogP contribution in [-0.4, -0.2) is 12.2 Å². The lowest BCUT2D eigenvalue weighted by Gasteiger charge is -2.05. The van der Waals surface area contributed by atoms with E-state index in [4.69, 9.17) is 10.4 Å². The molecule has 1 rings (SSSR count). The van der Waals surface area contributed by atoms with Crippen LogP contribution in [0.25, 0.3) is 0 Å². The summed E-state index contributed by atoms with van der Waals surface area (Å²) in [7, 11) is 1.07. The predicted molar refractivity (Wildman–Crippen MR) is 39.3 cm³/mol. The molecule has 0 aliphatic carbocycles. The number of phenolic OH excluding ortho intramolecular Hbond substituents is 1. The highest BCUT2D eigenvalue weighted by Gasteiger charge is 2.18. The molecular weight excluding hydrogens is 180 g/mol. The Hall–Kier alpha value is -1.83. The summed E-state index contributed by atoms with van der Waals surface area (Å²) >= 11 is 0. The lowest BCUT2D eigenvalue weighted by atomic mass is 10.2. The Morgan fingerprint density at radius 3 is 2.62 bits per heavy atom. The Labute approximate surface area is 72.8 Å². The summed E-state index contributed by atoms with van der Waals surface area (Å²) < 4.78 is 30.2. The molecular formula is C8H5F2NO2. The monoisotopic (exact) mass is 185 g/mol. The fourth-order valence-corrected chi connectivity index (χ4v) is 0.861. The fourth-order valence-electron chi connectivity index (χ4n) is 0.861. The summed E-state index contributed by atoms with van der Waals surface area (Å²) in [4.78, 5) is 0. The minimum atomic E-state index is -1.09. The van der Waals surface area contributed by atoms with Gasteiger partial charge in [0.15, 0.2) is 17.4 Å². The van der Waals surface area contributed by atoms with Crippen LogP contribution in [-0.2, 0) is 0 Å². The molecule has 3 nitrogen and oxygen atoms in total. The molecule has 0 aliphatic rings. The van der Waals surface area contributed by atoms with E-state index in [0.29, 0.717) is 6.07 Å². The second kappa shape index (κ2) is 3.27. The topological polar surface area (TPSA) is 53.2 Å². The summed E-state index contributed by atoms with van der Waals surface area (Å²) in [5.74, 6) is -3.74. The first-order valence-corrected chi connectivity index (χ1v) is 3.26. The van der Waals surface area contributed by atoms with Crippen LogP contribution >= 0.6 is 0 Å². The van der Waals surface area contributed by atoms with Crippen molar-refractivity contribution in [2.45, 2.75) is 0 Å². The van der Waals surface area contributed by atoms with Crippen molar-refractivity contribution in [3.8, 4) is 17.6 Å². The van der Waals surface area contributed by atoms with E-state index in [2.05, 4.69) is 4.74 Å². The van der Waals surface area contributed by atoms with E-state index in [9.17, 15) is 8.78 Å². The molecule has 13 heavy (non-hydrogen) atoms. The molecule has 1 aromatic rings. The van der Waals surface area contributed by atoms with Crippen molar-refractivity contribution in [1.82, 2.24) is 0 Å². The van der Waals surface area contributed by atoms with Crippen LogP contribution in [0, 0.1) is 23.0 Å². The van der Waals surface area contributed by atoms with Crippen molar-refractivity contribution in [2.75, 3.05) is 7.11 Å². The molecule has 0 spiro atoms. The third-order valence-corrected chi connectivity index (χ3v) is 1.47. The van der Waals surface area contributed by atoms with Crippen molar-refractivity contribution in [1.29, 1.82) is 5.26 Å². The smallest absolute Gasteiger partial charge is 0.201 e. The Morgan fingerprint density at radius 2 is 2.15 bits per heavy atom. The van der Waals surface area contributed by atoms with E-state index in [1.165, 1.54) is 6.07 Å². The minimum Gasteiger partial charge on any atom is -0.502 e. The number of phenols is 1. The highest BCUT2D eigenvalue weighted by atomic mass is 19.1. The standard InChI is InChI=1S/C8H5F2NO2/c1-13-8-6(10)4(3-11)2-5(9)7(8)12/h2,12H,1H3. The van der Waals surface area contributed by atoms with Crippen LogP contribution in [0.15, 0.2) is 6.07 Å². The summed E-state index contributed by atoms with van der Waals surface area (Å²) in [5.41, 5.74) is -0.507. The van der Waals surface area contributed by atoms with E-state index >= 15 is 0 Å². The average Bonchev–Trinajstić information content (AvgIpc) is 2.12. The number of aromatic hydroxyl groups is 1. The molecule has 0 bridgehead atoms. The van der Waals surface area contributed by atoms with E-state index in [-0.39, 0.29) is 0 Å². The van der Waals surface area contributed by atoms with Crippen LogP contribution in [0.1, 0.15) is 5.56 Å². The quantitative estimate of drug-likeness (QED) is 0.722. The van der Waals surface area contributed by atoms with Crippen LogP contribution in [0.3, 0.4) is 0 Å². The maximum Gasteiger partial charge on any atom is 0.201 e. The van der Waals surface area contributed by atoms with Gasteiger partial charge in [-0.15, -0.1) is 0 Å². The van der Waals surface area contributed by atoms with Crippen molar-refractivity contribution in [3.63, 3.8) is 0 Å². The number of methoxy groups -OCH3 is 1. The van der Waals surface area contributed by atoms with Gasteiger partial charge in [-0.25, -0.2) is 8.78 Å². The summed E-state index contributed by atoms with van der Waals surface area (Å²) in [5, 5.41) is 17.3.